The summed E-state index contributed by atoms with van der Waals surface area (Å²) in [6, 6.07) is 3.70. The molecule has 2 atom stereocenters. The number of nitrogens with zero attached hydrogens (tertiary/aromatic N) is 5. The smallest absolute Gasteiger partial charge is 0.257 e. The van der Waals surface area contributed by atoms with Crippen molar-refractivity contribution in [3.8, 4) is 22.5 Å². The van der Waals surface area contributed by atoms with Gasteiger partial charge in [0.05, 0.1) is 11.8 Å². The third-order valence-electron chi connectivity index (χ3n) is 4.87. The lowest BCUT2D eigenvalue weighted by atomic mass is 10.0. The molecule has 0 spiro atoms. The maximum absolute atomic E-state index is 13.0. The quantitative estimate of drug-likeness (QED) is 0.545. The monoisotopic (exact) mass is 415 g/mol. The average molecular weight is 415 g/mol. The van der Waals surface area contributed by atoms with Gasteiger partial charge in [-0.25, -0.2) is 23.7 Å². The molecule has 0 radical (unpaired) electrons. The van der Waals surface area contributed by atoms with Crippen LogP contribution >= 0.6 is 0 Å². The van der Waals surface area contributed by atoms with Gasteiger partial charge in [-0.1, -0.05) is 6.92 Å². The summed E-state index contributed by atoms with van der Waals surface area (Å²) >= 11 is 0. The number of aliphatic hydroxyl groups excluding tert-OH is 1. The van der Waals surface area contributed by atoms with Crippen LogP contribution in [0.4, 0.5) is 20.5 Å². The lowest BCUT2D eigenvalue weighted by Gasteiger charge is -2.09. The predicted octanol–water partition coefficient (Wildman–Crippen LogP) is 2.99. The molecule has 0 bridgehead atoms. The highest BCUT2D eigenvalue weighted by molar-refractivity contribution is 5.79. The SMILES string of the molecule is CC(O)CNc1nccc(-c2cn(CC(F)F)nc2-c2cnc3c(c2)C(C)CN3)n1. The third-order valence-corrected chi connectivity index (χ3v) is 4.87. The number of aromatic nitrogens is 5. The van der Waals surface area contributed by atoms with Crippen molar-refractivity contribution in [2.45, 2.75) is 38.8 Å². The summed E-state index contributed by atoms with van der Waals surface area (Å²) < 4.78 is 27.2. The Morgan fingerprint density at radius 1 is 1.37 bits per heavy atom. The van der Waals surface area contributed by atoms with Gasteiger partial charge in [-0.15, -0.1) is 0 Å². The molecule has 1 aliphatic rings. The van der Waals surface area contributed by atoms with Crippen LogP contribution in [-0.2, 0) is 6.54 Å². The van der Waals surface area contributed by atoms with E-state index in [0.717, 1.165) is 23.5 Å². The van der Waals surface area contributed by atoms with Crippen LogP contribution in [0.1, 0.15) is 25.3 Å². The summed E-state index contributed by atoms with van der Waals surface area (Å²) in [4.78, 5) is 13.1. The van der Waals surface area contributed by atoms with Gasteiger partial charge in [-0.3, -0.25) is 4.68 Å². The second kappa shape index (κ2) is 8.31. The fourth-order valence-corrected chi connectivity index (χ4v) is 3.38. The molecule has 3 N–H and O–H groups in total. The van der Waals surface area contributed by atoms with Gasteiger partial charge in [0.15, 0.2) is 0 Å². The zero-order valence-electron chi connectivity index (χ0n) is 16.7. The van der Waals surface area contributed by atoms with Crippen LogP contribution < -0.4 is 10.6 Å². The Bertz CT molecular complexity index is 1040. The van der Waals surface area contributed by atoms with Crippen LogP contribution in [0, 0.1) is 0 Å². The predicted molar refractivity (Wildman–Crippen MR) is 110 cm³/mol. The van der Waals surface area contributed by atoms with E-state index >= 15 is 0 Å². The van der Waals surface area contributed by atoms with Gasteiger partial charge < -0.3 is 15.7 Å². The van der Waals surface area contributed by atoms with Gasteiger partial charge in [0.1, 0.15) is 18.1 Å². The summed E-state index contributed by atoms with van der Waals surface area (Å²) in [7, 11) is 0. The minimum Gasteiger partial charge on any atom is -0.392 e. The van der Waals surface area contributed by atoms with E-state index in [-0.39, 0.29) is 0 Å². The molecule has 0 amide bonds. The Hall–Kier alpha value is -3.14. The molecule has 4 rings (SSSR count). The van der Waals surface area contributed by atoms with E-state index < -0.39 is 19.1 Å². The normalized spacial score (nSPS) is 16.4. The number of anilines is 2. The van der Waals surface area contributed by atoms with Crippen LogP contribution in [0.3, 0.4) is 0 Å². The molecule has 158 valence electrons. The topological polar surface area (TPSA) is 101 Å². The van der Waals surface area contributed by atoms with Crippen molar-refractivity contribution in [3.05, 3.63) is 36.3 Å². The number of halogens is 2. The van der Waals surface area contributed by atoms with Gasteiger partial charge in [-0.2, -0.15) is 5.10 Å². The molecule has 2 unspecified atom stereocenters. The van der Waals surface area contributed by atoms with E-state index in [1.165, 1.54) is 4.68 Å². The zero-order chi connectivity index (χ0) is 21.3. The van der Waals surface area contributed by atoms with Gasteiger partial charge in [0.25, 0.3) is 6.43 Å². The van der Waals surface area contributed by atoms with Gasteiger partial charge in [0.2, 0.25) is 5.95 Å². The molecular weight excluding hydrogens is 392 g/mol. The van der Waals surface area contributed by atoms with Crippen molar-refractivity contribution < 1.29 is 13.9 Å². The van der Waals surface area contributed by atoms with Gasteiger partial charge in [0, 0.05) is 48.7 Å². The largest absolute Gasteiger partial charge is 0.392 e. The first-order chi connectivity index (χ1) is 14.4. The van der Waals surface area contributed by atoms with Gasteiger partial charge >= 0.3 is 0 Å². The molecule has 0 aromatic carbocycles. The minimum atomic E-state index is -2.53. The summed E-state index contributed by atoms with van der Waals surface area (Å²) in [6.07, 6.45) is 1.75. The van der Waals surface area contributed by atoms with Crippen LogP contribution in [0.2, 0.25) is 0 Å². The van der Waals surface area contributed by atoms with Crippen molar-refractivity contribution in [1.29, 1.82) is 0 Å². The van der Waals surface area contributed by atoms with Crippen LogP contribution in [0.5, 0.6) is 0 Å². The highest BCUT2D eigenvalue weighted by atomic mass is 19.3. The molecule has 0 fully saturated rings. The molecule has 3 aromatic heterocycles. The van der Waals surface area contributed by atoms with Gasteiger partial charge in [-0.05, 0) is 24.6 Å². The molecule has 3 aromatic rings. The highest BCUT2D eigenvalue weighted by Crippen LogP contribution is 2.35. The molecule has 0 saturated heterocycles. The number of aliphatic hydroxyl groups is 1. The first kappa shape index (κ1) is 20.1. The number of nitrogens with one attached hydrogen (secondary N) is 2. The number of fused-ring (bicyclic) bond motifs is 1. The second-order valence-electron chi connectivity index (χ2n) is 7.44. The van der Waals surface area contributed by atoms with E-state index in [1.54, 1.807) is 31.6 Å². The molecule has 0 saturated carbocycles. The summed E-state index contributed by atoms with van der Waals surface area (Å²) in [5.41, 5.74) is 3.50. The summed E-state index contributed by atoms with van der Waals surface area (Å²) in [6.45, 7) is 4.34. The maximum Gasteiger partial charge on any atom is 0.257 e. The molecule has 8 nitrogen and oxygen atoms in total. The van der Waals surface area contributed by atoms with E-state index in [4.69, 9.17) is 0 Å². The molecule has 30 heavy (non-hydrogen) atoms. The standard InChI is InChI=1S/C20H23F2N7O/c1-11-6-24-19-14(11)5-13(8-25-19)18-15(9-29(28-18)10-17(21)22)16-3-4-23-20(27-16)26-7-12(2)30/h3-5,8-9,11-12,17,30H,6-7,10H2,1-2H3,(H,24,25)(H,23,26,27). The average Bonchev–Trinajstić information content (AvgIpc) is 3.30. The van der Waals surface area contributed by atoms with Crippen molar-refractivity contribution in [3.63, 3.8) is 0 Å². The fraction of sp³-hybridized carbons (Fsp3) is 0.400. The zero-order valence-corrected chi connectivity index (χ0v) is 16.7. The van der Waals surface area contributed by atoms with E-state index in [0.29, 0.717) is 35.4 Å². The molecular formula is C20H23F2N7O. The fourth-order valence-electron chi connectivity index (χ4n) is 3.38. The first-order valence-corrected chi connectivity index (χ1v) is 9.76. The minimum absolute atomic E-state index is 0.292. The number of pyridine rings is 1. The van der Waals surface area contributed by atoms with Crippen LogP contribution in [0.25, 0.3) is 22.5 Å². The van der Waals surface area contributed by atoms with Crippen LogP contribution in [-0.4, -0.2) is 55.5 Å². The molecule has 1 aliphatic heterocycles. The lowest BCUT2D eigenvalue weighted by Crippen LogP contribution is -2.16. The highest BCUT2D eigenvalue weighted by Gasteiger charge is 2.23. The van der Waals surface area contributed by atoms with E-state index in [9.17, 15) is 13.9 Å². The second-order valence-corrected chi connectivity index (χ2v) is 7.44. The maximum atomic E-state index is 13.0. The van der Waals surface area contributed by atoms with Crippen molar-refractivity contribution in [2.75, 3.05) is 23.7 Å². The van der Waals surface area contributed by atoms with E-state index in [1.807, 2.05) is 6.07 Å². The number of alkyl halides is 2. The number of rotatable bonds is 7. The van der Waals surface area contributed by atoms with Crippen molar-refractivity contribution in [1.82, 2.24) is 24.7 Å². The van der Waals surface area contributed by atoms with E-state index in [2.05, 4.69) is 37.6 Å². The van der Waals surface area contributed by atoms with Crippen LogP contribution in [0.15, 0.2) is 30.7 Å². The summed E-state index contributed by atoms with van der Waals surface area (Å²) in [5.74, 6) is 1.48. The Balaban J connectivity index is 1.76. The van der Waals surface area contributed by atoms with Crippen molar-refractivity contribution in [2.24, 2.45) is 0 Å². The first-order valence-electron chi connectivity index (χ1n) is 9.76. The summed E-state index contributed by atoms with van der Waals surface area (Å²) in [5, 5.41) is 20.1. The number of hydrogen-bond donors (Lipinski definition) is 3. The third kappa shape index (κ3) is 4.23. The Labute approximate surface area is 172 Å². The van der Waals surface area contributed by atoms with Crippen molar-refractivity contribution >= 4 is 11.8 Å². The Kier molecular flexibility index (Phi) is 5.58. The number of hydrogen-bond acceptors (Lipinski definition) is 7. The Morgan fingerprint density at radius 3 is 2.97 bits per heavy atom. The Morgan fingerprint density at radius 2 is 2.20 bits per heavy atom. The molecule has 0 aliphatic carbocycles. The lowest BCUT2D eigenvalue weighted by molar-refractivity contribution is 0.122. The molecule has 10 heteroatoms. The molecule has 4 heterocycles.